The molecule has 1 aromatic rings. The molecule has 112 valence electrons. The van der Waals surface area contributed by atoms with Crippen molar-refractivity contribution in [2.24, 2.45) is 5.92 Å². The molecule has 1 aliphatic heterocycles. The predicted octanol–water partition coefficient (Wildman–Crippen LogP) is 2.70. The first-order valence-corrected chi connectivity index (χ1v) is 7.57. The molecule has 0 radical (unpaired) electrons. The molecule has 1 N–H and O–H groups in total. The Labute approximate surface area is 122 Å². The highest BCUT2D eigenvalue weighted by atomic mass is 16.5. The fraction of sp³-hybridized carbons (Fsp3) is 0.647. The van der Waals surface area contributed by atoms with Crippen molar-refractivity contribution in [3.8, 4) is 0 Å². The lowest BCUT2D eigenvalue weighted by molar-refractivity contribution is 0.0477. The van der Waals surface area contributed by atoms with Gasteiger partial charge in [-0.15, -0.1) is 0 Å². The average molecular weight is 277 g/mol. The molecule has 0 spiro atoms. The molecule has 1 unspecified atom stereocenters. The molecule has 3 nitrogen and oxygen atoms in total. The first-order valence-electron chi connectivity index (χ1n) is 7.57. The van der Waals surface area contributed by atoms with Crippen LogP contribution in [0.5, 0.6) is 0 Å². The van der Waals surface area contributed by atoms with Crippen LogP contribution in [-0.2, 0) is 4.74 Å². The zero-order valence-corrected chi connectivity index (χ0v) is 12.9. The number of rotatable bonds is 5. The monoisotopic (exact) mass is 277 g/mol. The highest BCUT2D eigenvalue weighted by Crippen LogP contribution is 2.21. The Morgan fingerprint density at radius 1 is 1.30 bits per heavy atom. The fourth-order valence-corrected chi connectivity index (χ4v) is 2.96. The largest absolute Gasteiger partial charge is 0.387 e. The van der Waals surface area contributed by atoms with E-state index in [1.807, 2.05) is 0 Å². The number of aliphatic hydroxyl groups excluding tert-OH is 1. The summed E-state index contributed by atoms with van der Waals surface area (Å²) in [5.74, 6) is 0.708. The van der Waals surface area contributed by atoms with E-state index in [9.17, 15) is 5.11 Å². The maximum atomic E-state index is 10.5. The summed E-state index contributed by atoms with van der Waals surface area (Å²) in [6.45, 7) is 7.65. The number of benzene rings is 1. The number of nitrogens with zero attached hydrogens (tertiary/aromatic N) is 1. The van der Waals surface area contributed by atoms with Gasteiger partial charge >= 0.3 is 0 Å². The quantitative estimate of drug-likeness (QED) is 0.898. The van der Waals surface area contributed by atoms with E-state index >= 15 is 0 Å². The summed E-state index contributed by atoms with van der Waals surface area (Å²) in [6.07, 6.45) is 1.88. The maximum absolute atomic E-state index is 10.5. The van der Waals surface area contributed by atoms with E-state index in [4.69, 9.17) is 4.74 Å². The Hall–Kier alpha value is -0.900. The number of hydrogen-bond donors (Lipinski definition) is 1. The van der Waals surface area contributed by atoms with Gasteiger partial charge in [-0.25, -0.2) is 0 Å². The van der Waals surface area contributed by atoms with E-state index in [-0.39, 0.29) is 0 Å². The minimum absolute atomic E-state index is 0.403. The van der Waals surface area contributed by atoms with Gasteiger partial charge < -0.3 is 14.7 Å². The van der Waals surface area contributed by atoms with Crippen molar-refractivity contribution in [3.63, 3.8) is 0 Å². The number of aliphatic hydroxyl groups is 1. The molecule has 0 aromatic heterocycles. The number of ether oxygens (including phenoxy) is 1. The first-order chi connectivity index (χ1) is 9.56. The van der Waals surface area contributed by atoms with Crippen molar-refractivity contribution in [2.75, 3.05) is 33.4 Å². The Morgan fingerprint density at radius 2 is 2.00 bits per heavy atom. The molecule has 20 heavy (non-hydrogen) atoms. The minimum Gasteiger partial charge on any atom is -0.387 e. The lowest BCUT2D eigenvalue weighted by Gasteiger charge is -2.28. The first kappa shape index (κ1) is 15.5. The molecular weight excluding hydrogens is 250 g/mol. The topological polar surface area (TPSA) is 32.7 Å². The molecule has 1 saturated heterocycles. The molecule has 1 aliphatic rings. The van der Waals surface area contributed by atoms with Gasteiger partial charge in [0.05, 0.1) is 6.10 Å². The van der Waals surface area contributed by atoms with Crippen molar-refractivity contribution in [3.05, 3.63) is 34.9 Å². The summed E-state index contributed by atoms with van der Waals surface area (Å²) < 4.78 is 5.39. The molecular formula is C17H27NO2. The van der Waals surface area contributed by atoms with Crippen LogP contribution < -0.4 is 0 Å². The molecule has 1 fully saturated rings. The zero-order chi connectivity index (χ0) is 14.5. The van der Waals surface area contributed by atoms with Crippen molar-refractivity contribution in [1.29, 1.82) is 0 Å². The zero-order valence-electron chi connectivity index (χ0n) is 12.9. The van der Waals surface area contributed by atoms with Crippen LogP contribution in [0.15, 0.2) is 18.2 Å². The summed E-state index contributed by atoms with van der Waals surface area (Å²) in [7, 11) is 2.10. The normalized spacial score (nSPS) is 18.4. The van der Waals surface area contributed by atoms with E-state index in [0.29, 0.717) is 12.5 Å². The third kappa shape index (κ3) is 4.30. The Kier molecular flexibility index (Phi) is 5.58. The van der Waals surface area contributed by atoms with Crippen LogP contribution in [0.2, 0.25) is 0 Å². The van der Waals surface area contributed by atoms with Gasteiger partial charge in [-0.2, -0.15) is 0 Å². The van der Waals surface area contributed by atoms with Crippen molar-refractivity contribution < 1.29 is 9.84 Å². The molecule has 2 rings (SSSR count). The van der Waals surface area contributed by atoms with Crippen LogP contribution in [0.4, 0.5) is 0 Å². The molecule has 1 heterocycles. The van der Waals surface area contributed by atoms with Gasteiger partial charge in [0, 0.05) is 26.3 Å². The molecule has 0 aliphatic carbocycles. The van der Waals surface area contributed by atoms with E-state index in [0.717, 1.165) is 38.2 Å². The molecule has 3 heteroatoms. The van der Waals surface area contributed by atoms with E-state index in [2.05, 4.69) is 44.0 Å². The minimum atomic E-state index is -0.403. The fourth-order valence-electron chi connectivity index (χ4n) is 2.96. The highest BCUT2D eigenvalue weighted by molar-refractivity contribution is 5.32. The summed E-state index contributed by atoms with van der Waals surface area (Å²) in [5.41, 5.74) is 3.43. The van der Waals surface area contributed by atoms with Gasteiger partial charge in [-0.05, 0) is 50.8 Å². The van der Waals surface area contributed by atoms with Gasteiger partial charge in [0.1, 0.15) is 0 Å². The van der Waals surface area contributed by atoms with Gasteiger partial charge in [0.25, 0.3) is 0 Å². The summed E-state index contributed by atoms with van der Waals surface area (Å²) in [6, 6.07) is 6.28. The highest BCUT2D eigenvalue weighted by Gasteiger charge is 2.18. The number of hydrogen-bond acceptors (Lipinski definition) is 3. The number of aryl methyl sites for hydroxylation is 2. The smallest absolute Gasteiger partial charge is 0.0919 e. The standard InChI is InChI=1S/C17H27NO2/c1-13-4-5-14(2)16(10-13)17(19)12-18(3)11-15-6-8-20-9-7-15/h4-5,10,15,17,19H,6-9,11-12H2,1-3H3. The summed E-state index contributed by atoms with van der Waals surface area (Å²) >= 11 is 0. The third-order valence-corrected chi connectivity index (χ3v) is 4.19. The lowest BCUT2D eigenvalue weighted by atomic mass is 9.98. The molecule has 1 atom stereocenters. The second kappa shape index (κ2) is 7.21. The van der Waals surface area contributed by atoms with Crippen LogP contribution in [0.1, 0.15) is 35.6 Å². The Balaban J connectivity index is 1.89. The van der Waals surface area contributed by atoms with Crippen molar-refractivity contribution in [2.45, 2.75) is 32.8 Å². The SMILES string of the molecule is Cc1ccc(C)c(C(O)CN(C)CC2CCOCC2)c1. The van der Waals surface area contributed by atoms with Crippen LogP contribution in [0.25, 0.3) is 0 Å². The van der Waals surface area contributed by atoms with Crippen LogP contribution in [-0.4, -0.2) is 43.4 Å². The predicted molar refractivity (Wildman–Crippen MR) is 81.9 cm³/mol. The molecule has 1 aromatic carbocycles. The lowest BCUT2D eigenvalue weighted by Crippen LogP contribution is -2.32. The van der Waals surface area contributed by atoms with Gasteiger partial charge in [0.2, 0.25) is 0 Å². The van der Waals surface area contributed by atoms with Crippen LogP contribution in [0.3, 0.4) is 0 Å². The van der Waals surface area contributed by atoms with Crippen LogP contribution >= 0.6 is 0 Å². The van der Waals surface area contributed by atoms with Crippen molar-refractivity contribution >= 4 is 0 Å². The number of likely N-dealkylation sites (N-methyl/N-ethyl adjacent to an activating group) is 1. The van der Waals surface area contributed by atoms with E-state index in [1.165, 1.54) is 11.1 Å². The third-order valence-electron chi connectivity index (χ3n) is 4.19. The Bertz CT molecular complexity index is 427. The summed E-state index contributed by atoms with van der Waals surface area (Å²) in [4.78, 5) is 2.25. The van der Waals surface area contributed by atoms with Gasteiger partial charge in [0.15, 0.2) is 0 Å². The average Bonchev–Trinajstić information content (AvgIpc) is 2.42. The van der Waals surface area contributed by atoms with Gasteiger partial charge in [-0.3, -0.25) is 0 Å². The Morgan fingerprint density at radius 3 is 2.70 bits per heavy atom. The van der Waals surface area contributed by atoms with Crippen LogP contribution in [0, 0.1) is 19.8 Å². The van der Waals surface area contributed by atoms with Gasteiger partial charge in [-0.1, -0.05) is 23.8 Å². The molecule has 0 amide bonds. The molecule has 0 saturated carbocycles. The van der Waals surface area contributed by atoms with E-state index < -0.39 is 6.10 Å². The second-order valence-electron chi connectivity index (χ2n) is 6.15. The summed E-state index contributed by atoms with van der Waals surface area (Å²) in [5, 5.41) is 10.5. The van der Waals surface area contributed by atoms with E-state index in [1.54, 1.807) is 0 Å². The van der Waals surface area contributed by atoms with Crippen molar-refractivity contribution in [1.82, 2.24) is 4.90 Å². The maximum Gasteiger partial charge on any atom is 0.0919 e. The second-order valence-corrected chi connectivity index (χ2v) is 6.15. The molecule has 0 bridgehead atoms.